The Morgan fingerprint density at radius 3 is 2.50 bits per heavy atom. The summed E-state index contributed by atoms with van der Waals surface area (Å²) in [6, 6.07) is 8.75. The Morgan fingerprint density at radius 1 is 1.17 bits per heavy atom. The Kier molecular flexibility index (Phi) is 4.57. The van der Waals surface area contributed by atoms with Crippen LogP contribution in [0.25, 0.3) is 0 Å². The summed E-state index contributed by atoms with van der Waals surface area (Å²) in [5, 5.41) is 0. The summed E-state index contributed by atoms with van der Waals surface area (Å²) in [6.07, 6.45) is 6.64. The summed E-state index contributed by atoms with van der Waals surface area (Å²) in [5.74, 6) is 1.19. The van der Waals surface area contributed by atoms with Crippen LogP contribution in [0.1, 0.15) is 63.0 Å². The first-order valence-corrected chi connectivity index (χ1v) is 7.32. The Bertz CT molecular complexity index is 391. The van der Waals surface area contributed by atoms with Crippen molar-refractivity contribution in [1.82, 2.24) is 0 Å². The molecule has 2 unspecified atom stereocenters. The number of aryl methyl sites for hydroxylation is 1. The van der Waals surface area contributed by atoms with Gasteiger partial charge in [0.2, 0.25) is 0 Å². The Labute approximate surface area is 111 Å². The number of hydrogen-bond donors (Lipinski definition) is 0. The van der Waals surface area contributed by atoms with Crippen LogP contribution in [-0.4, -0.2) is 5.78 Å². The summed E-state index contributed by atoms with van der Waals surface area (Å²) < 4.78 is 0. The summed E-state index contributed by atoms with van der Waals surface area (Å²) in [5.41, 5.74) is 2.63. The van der Waals surface area contributed by atoms with Crippen molar-refractivity contribution < 1.29 is 4.79 Å². The Balaban J connectivity index is 2.02. The first kappa shape index (κ1) is 13.3. The topological polar surface area (TPSA) is 17.1 Å². The molecular weight excluding hydrogens is 220 g/mol. The van der Waals surface area contributed by atoms with Gasteiger partial charge in [-0.15, -0.1) is 0 Å². The third-order valence-electron chi connectivity index (χ3n) is 4.09. The summed E-state index contributed by atoms with van der Waals surface area (Å²) >= 11 is 0. The van der Waals surface area contributed by atoms with E-state index in [0.717, 1.165) is 19.3 Å². The average molecular weight is 244 g/mol. The van der Waals surface area contributed by atoms with E-state index in [-0.39, 0.29) is 5.92 Å². The number of ketones is 1. The molecule has 0 heterocycles. The molecule has 0 N–H and O–H groups in total. The van der Waals surface area contributed by atoms with E-state index < -0.39 is 0 Å². The van der Waals surface area contributed by atoms with Crippen molar-refractivity contribution in [3.8, 4) is 0 Å². The maximum Gasteiger partial charge on any atom is 0.140 e. The van der Waals surface area contributed by atoms with Gasteiger partial charge in [0.05, 0.1) is 0 Å². The zero-order valence-corrected chi connectivity index (χ0v) is 11.6. The number of unbranched alkanes of at least 4 members (excludes halogenated alkanes) is 1. The van der Waals surface area contributed by atoms with E-state index in [0.29, 0.717) is 11.7 Å². The van der Waals surface area contributed by atoms with E-state index in [4.69, 9.17) is 0 Å². The van der Waals surface area contributed by atoms with Gasteiger partial charge in [-0.2, -0.15) is 0 Å². The molecule has 1 heteroatoms. The van der Waals surface area contributed by atoms with Crippen LogP contribution < -0.4 is 0 Å². The molecule has 1 fully saturated rings. The minimum absolute atomic E-state index is 0.168. The van der Waals surface area contributed by atoms with E-state index in [1.165, 1.54) is 30.4 Å². The largest absolute Gasteiger partial charge is 0.299 e. The molecule has 0 aromatic heterocycles. The van der Waals surface area contributed by atoms with E-state index >= 15 is 0 Å². The molecule has 1 aliphatic rings. The molecule has 98 valence electrons. The third-order valence-corrected chi connectivity index (χ3v) is 4.09. The molecule has 1 saturated carbocycles. The average Bonchev–Trinajstić information content (AvgIpc) is 2.37. The van der Waals surface area contributed by atoms with E-state index in [1.807, 2.05) is 0 Å². The predicted molar refractivity (Wildman–Crippen MR) is 75.8 cm³/mol. The Hall–Kier alpha value is -1.11. The number of benzene rings is 1. The fourth-order valence-electron chi connectivity index (χ4n) is 2.85. The SMILES string of the molecule is CCCCc1ccc(C2CCC(C)CC2=O)cc1. The van der Waals surface area contributed by atoms with Gasteiger partial charge in [0.15, 0.2) is 0 Å². The van der Waals surface area contributed by atoms with Gasteiger partial charge < -0.3 is 0 Å². The van der Waals surface area contributed by atoms with Crippen molar-refractivity contribution in [3.63, 3.8) is 0 Å². The van der Waals surface area contributed by atoms with E-state index in [1.54, 1.807) is 0 Å². The first-order valence-electron chi connectivity index (χ1n) is 7.32. The molecular formula is C17H24O. The summed E-state index contributed by atoms with van der Waals surface area (Å²) in [7, 11) is 0. The zero-order valence-electron chi connectivity index (χ0n) is 11.6. The van der Waals surface area contributed by atoms with Crippen molar-refractivity contribution in [2.75, 3.05) is 0 Å². The smallest absolute Gasteiger partial charge is 0.140 e. The third kappa shape index (κ3) is 3.22. The molecule has 1 nitrogen and oxygen atoms in total. The monoisotopic (exact) mass is 244 g/mol. The van der Waals surface area contributed by atoms with Crippen LogP contribution in [0.4, 0.5) is 0 Å². The molecule has 2 atom stereocenters. The highest BCUT2D eigenvalue weighted by molar-refractivity contribution is 5.86. The number of rotatable bonds is 4. The standard InChI is InChI=1S/C17H24O/c1-3-4-5-14-7-9-15(10-8-14)16-11-6-13(2)12-17(16)18/h7-10,13,16H,3-6,11-12H2,1-2H3. The fourth-order valence-corrected chi connectivity index (χ4v) is 2.85. The molecule has 1 aromatic rings. The van der Waals surface area contributed by atoms with Crippen LogP contribution >= 0.6 is 0 Å². The van der Waals surface area contributed by atoms with Crippen LogP contribution in [0.2, 0.25) is 0 Å². The van der Waals surface area contributed by atoms with Crippen molar-refractivity contribution in [2.24, 2.45) is 5.92 Å². The number of carbonyl (C=O) groups is 1. The molecule has 2 rings (SSSR count). The van der Waals surface area contributed by atoms with Crippen molar-refractivity contribution in [3.05, 3.63) is 35.4 Å². The van der Waals surface area contributed by atoms with Crippen molar-refractivity contribution in [2.45, 2.75) is 58.3 Å². The predicted octanol–water partition coefficient (Wildman–Crippen LogP) is 4.50. The van der Waals surface area contributed by atoms with E-state index in [9.17, 15) is 4.79 Å². The van der Waals surface area contributed by atoms with Gasteiger partial charge in [-0.3, -0.25) is 4.79 Å². The lowest BCUT2D eigenvalue weighted by atomic mass is 9.78. The molecule has 1 aromatic carbocycles. The first-order chi connectivity index (χ1) is 8.70. The second-order valence-electron chi connectivity index (χ2n) is 5.75. The molecule has 0 saturated heterocycles. The molecule has 0 aliphatic heterocycles. The highest BCUT2D eigenvalue weighted by Gasteiger charge is 2.27. The maximum absolute atomic E-state index is 12.1. The van der Waals surface area contributed by atoms with Gasteiger partial charge in [-0.25, -0.2) is 0 Å². The van der Waals surface area contributed by atoms with Gasteiger partial charge in [0.1, 0.15) is 5.78 Å². The van der Waals surface area contributed by atoms with E-state index in [2.05, 4.69) is 38.1 Å². The van der Waals surface area contributed by atoms with Crippen LogP contribution in [0, 0.1) is 5.92 Å². The Morgan fingerprint density at radius 2 is 1.89 bits per heavy atom. The minimum Gasteiger partial charge on any atom is -0.299 e. The number of carbonyl (C=O) groups excluding carboxylic acids is 1. The van der Waals surface area contributed by atoms with Crippen molar-refractivity contribution in [1.29, 1.82) is 0 Å². The van der Waals surface area contributed by atoms with Gasteiger partial charge in [-0.1, -0.05) is 44.5 Å². The fraction of sp³-hybridized carbons (Fsp3) is 0.588. The van der Waals surface area contributed by atoms with Crippen LogP contribution in [-0.2, 0) is 11.2 Å². The van der Waals surface area contributed by atoms with Crippen LogP contribution in [0.15, 0.2) is 24.3 Å². The molecule has 0 amide bonds. The maximum atomic E-state index is 12.1. The summed E-state index contributed by atoms with van der Waals surface area (Å²) in [6.45, 7) is 4.40. The van der Waals surface area contributed by atoms with Gasteiger partial charge in [0.25, 0.3) is 0 Å². The highest BCUT2D eigenvalue weighted by Crippen LogP contribution is 2.32. The zero-order chi connectivity index (χ0) is 13.0. The molecule has 0 bridgehead atoms. The lowest BCUT2D eigenvalue weighted by Crippen LogP contribution is -2.21. The number of hydrogen-bond acceptors (Lipinski definition) is 1. The lowest BCUT2D eigenvalue weighted by molar-refractivity contribution is -0.123. The lowest BCUT2D eigenvalue weighted by Gasteiger charge is -2.25. The number of Topliss-reactive ketones (excluding diaryl/α,β-unsaturated/α-hetero) is 1. The van der Waals surface area contributed by atoms with Gasteiger partial charge in [0, 0.05) is 12.3 Å². The van der Waals surface area contributed by atoms with Crippen LogP contribution in [0.3, 0.4) is 0 Å². The van der Waals surface area contributed by atoms with Gasteiger partial charge >= 0.3 is 0 Å². The van der Waals surface area contributed by atoms with Crippen LogP contribution in [0.5, 0.6) is 0 Å². The van der Waals surface area contributed by atoms with Crippen molar-refractivity contribution >= 4 is 5.78 Å². The summed E-state index contributed by atoms with van der Waals surface area (Å²) in [4.78, 5) is 12.1. The normalized spacial score (nSPS) is 24.2. The molecule has 0 radical (unpaired) electrons. The second kappa shape index (κ2) is 6.17. The highest BCUT2D eigenvalue weighted by atomic mass is 16.1. The second-order valence-corrected chi connectivity index (χ2v) is 5.75. The quantitative estimate of drug-likeness (QED) is 0.762. The van der Waals surface area contributed by atoms with Gasteiger partial charge in [-0.05, 0) is 42.7 Å². The molecule has 0 spiro atoms. The molecule has 18 heavy (non-hydrogen) atoms. The minimum atomic E-state index is 0.168. The molecule has 1 aliphatic carbocycles.